The SMILES string of the molecule is NCCCOC1CCN(C(=O)c2cccc(Cl)c2F)CC1. The van der Waals surface area contributed by atoms with Gasteiger partial charge < -0.3 is 15.4 Å². The van der Waals surface area contributed by atoms with Gasteiger partial charge >= 0.3 is 0 Å². The van der Waals surface area contributed by atoms with Gasteiger partial charge in [-0.25, -0.2) is 4.39 Å². The van der Waals surface area contributed by atoms with Crippen LogP contribution in [0.2, 0.25) is 5.02 Å². The van der Waals surface area contributed by atoms with Crippen molar-refractivity contribution >= 4 is 17.5 Å². The highest BCUT2D eigenvalue weighted by atomic mass is 35.5. The van der Waals surface area contributed by atoms with E-state index in [9.17, 15) is 9.18 Å². The number of rotatable bonds is 5. The van der Waals surface area contributed by atoms with Gasteiger partial charge in [0.1, 0.15) is 0 Å². The van der Waals surface area contributed by atoms with Crippen molar-refractivity contribution in [2.24, 2.45) is 5.73 Å². The molecule has 2 rings (SSSR count). The molecule has 4 nitrogen and oxygen atoms in total. The average Bonchev–Trinajstić information content (AvgIpc) is 2.50. The fourth-order valence-electron chi connectivity index (χ4n) is 2.40. The molecule has 1 aromatic rings. The standard InChI is InChI=1S/C15H20ClFN2O2/c16-13-4-1-3-12(14(13)17)15(20)19-8-5-11(6-9-19)21-10-2-7-18/h1,3-4,11H,2,5-10,18H2. The van der Waals surface area contributed by atoms with Gasteiger partial charge in [-0.1, -0.05) is 17.7 Å². The average molecular weight is 315 g/mol. The molecular weight excluding hydrogens is 295 g/mol. The van der Waals surface area contributed by atoms with Gasteiger partial charge in [-0.05, 0) is 37.9 Å². The molecule has 116 valence electrons. The van der Waals surface area contributed by atoms with Crippen molar-refractivity contribution in [2.45, 2.75) is 25.4 Å². The third-order valence-corrected chi connectivity index (χ3v) is 3.91. The monoisotopic (exact) mass is 314 g/mol. The van der Waals surface area contributed by atoms with Crippen LogP contribution in [0, 0.1) is 5.82 Å². The van der Waals surface area contributed by atoms with Crippen LogP contribution in [0.4, 0.5) is 4.39 Å². The quantitative estimate of drug-likeness (QED) is 0.849. The van der Waals surface area contributed by atoms with Crippen LogP contribution in [0.15, 0.2) is 18.2 Å². The van der Waals surface area contributed by atoms with Gasteiger partial charge in [-0.2, -0.15) is 0 Å². The second-order valence-electron chi connectivity index (χ2n) is 5.11. The predicted molar refractivity (Wildman–Crippen MR) is 80.0 cm³/mol. The van der Waals surface area contributed by atoms with E-state index in [-0.39, 0.29) is 22.6 Å². The highest BCUT2D eigenvalue weighted by Gasteiger charge is 2.26. The summed E-state index contributed by atoms with van der Waals surface area (Å²) in [6.45, 7) is 2.40. The minimum Gasteiger partial charge on any atom is -0.378 e. The molecule has 2 N–H and O–H groups in total. The van der Waals surface area contributed by atoms with E-state index < -0.39 is 5.82 Å². The molecular formula is C15H20ClFN2O2. The summed E-state index contributed by atoms with van der Waals surface area (Å²) in [5, 5.41) is -0.0270. The summed E-state index contributed by atoms with van der Waals surface area (Å²) in [6, 6.07) is 4.49. The lowest BCUT2D eigenvalue weighted by Crippen LogP contribution is -2.41. The highest BCUT2D eigenvalue weighted by Crippen LogP contribution is 2.21. The van der Waals surface area contributed by atoms with E-state index in [4.69, 9.17) is 22.1 Å². The fourth-order valence-corrected chi connectivity index (χ4v) is 2.57. The number of ether oxygens (including phenoxy) is 1. The Kier molecular flexibility index (Phi) is 5.96. The number of benzene rings is 1. The van der Waals surface area contributed by atoms with Crippen molar-refractivity contribution in [1.82, 2.24) is 4.90 Å². The molecule has 1 saturated heterocycles. The molecule has 1 aliphatic rings. The summed E-state index contributed by atoms with van der Waals surface area (Å²) >= 11 is 5.71. The zero-order chi connectivity index (χ0) is 15.2. The Morgan fingerprint density at radius 2 is 2.14 bits per heavy atom. The summed E-state index contributed by atoms with van der Waals surface area (Å²) in [5.74, 6) is -0.958. The van der Waals surface area contributed by atoms with Crippen LogP contribution in [-0.4, -0.2) is 43.2 Å². The number of nitrogens with two attached hydrogens (primary N) is 1. The van der Waals surface area contributed by atoms with Gasteiger partial charge in [0, 0.05) is 19.7 Å². The number of hydrogen-bond donors (Lipinski definition) is 1. The Morgan fingerprint density at radius 1 is 1.43 bits per heavy atom. The Bertz CT molecular complexity index is 491. The van der Waals surface area contributed by atoms with Crippen molar-refractivity contribution in [1.29, 1.82) is 0 Å². The largest absolute Gasteiger partial charge is 0.378 e. The normalized spacial score (nSPS) is 16.2. The van der Waals surface area contributed by atoms with E-state index >= 15 is 0 Å². The summed E-state index contributed by atoms with van der Waals surface area (Å²) < 4.78 is 19.6. The summed E-state index contributed by atoms with van der Waals surface area (Å²) in [6.07, 6.45) is 2.52. The van der Waals surface area contributed by atoms with E-state index in [2.05, 4.69) is 0 Å². The van der Waals surface area contributed by atoms with Gasteiger partial charge in [0.2, 0.25) is 0 Å². The third-order valence-electron chi connectivity index (χ3n) is 3.61. The molecule has 1 aliphatic heterocycles. The van der Waals surface area contributed by atoms with E-state index in [0.29, 0.717) is 26.2 Å². The summed E-state index contributed by atoms with van der Waals surface area (Å²) in [7, 11) is 0. The number of carbonyl (C=O) groups excluding carboxylic acids is 1. The van der Waals surface area contributed by atoms with Crippen LogP contribution in [0.1, 0.15) is 29.6 Å². The van der Waals surface area contributed by atoms with Crippen molar-refractivity contribution < 1.29 is 13.9 Å². The summed E-state index contributed by atoms with van der Waals surface area (Å²) in [5.41, 5.74) is 5.45. The number of carbonyl (C=O) groups is 1. The van der Waals surface area contributed by atoms with Gasteiger partial charge in [0.15, 0.2) is 5.82 Å². The molecule has 0 aliphatic carbocycles. The zero-order valence-corrected chi connectivity index (χ0v) is 12.6. The minimum absolute atomic E-state index is 0.0270. The second-order valence-corrected chi connectivity index (χ2v) is 5.51. The minimum atomic E-state index is -0.648. The van der Waals surface area contributed by atoms with Gasteiger partial charge in [0.25, 0.3) is 5.91 Å². The number of amides is 1. The van der Waals surface area contributed by atoms with Crippen molar-refractivity contribution in [3.05, 3.63) is 34.6 Å². The fraction of sp³-hybridized carbons (Fsp3) is 0.533. The van der Waals surface area contributed by atoms with E-state index in [1.807, 2.05) is 0 Å². The summed E-state index contributed by atoms with van der Waals surface area (Å²) in [4.78, 5) is 14.0. The van der Waals surface area contributed by atoms with E-state index in [0.717, 1.165) is 19.3 Å². The maximum atomic E-state index is 13.9. The van der Waals surface area contributed by atoms with Crippen molar-refractivity contribution in [3.63, 3.8) is 0 Å². The molecule has 0 atom stereocenters. The molecule has 1 fully saturated rings. The molecule has 0 spiro atoms. The number of likely N-dealkylation sites (tertiary alicyclic amines) is 1. The molecule has 1 amide bonds. The molecule has 1 aromatic carbocycles. The molecule has 0 radical (unpaired) electrons. The van der Waals surface area contributed by atoms with Gasteiger partial charge in [0.05, 0.1) is 16.7 Å². The second kappa shape index (κ2) is 7.73. The van der Waals surface area contributed by atoms with E-state index in [1.165, 1.54) is 12.1 Å². The molecule has 0 unspecified atom stereocenters. The van der Waals surface area contributed by atoms with Crippen LogP contribution >= 0.6 is 11.6 Å². The van der Waals surface area contributed by atoms with Crippen molar-refractivity contribution in [3.8, 4) is 0 Å². The maximum Gasteiger partial charge on any atom is 0.256 e. The first-order valence-corrected chi connectivity index (χ1v) is 7.56. The molecule has 0 bridgehead atoms. The van der Waals surface area contributed by atoms with Crippen LogP contribution in [-0.2, 0) is 4.74 Å². The van der Waals surface area contributed by atoms with Crippen LogP contribution in [0.5, 0.6) is 0 Å². The van der Waals surface area contributed by atoms with Gasteiger partial charge in [-0.3, -0.25) is 4.79 Å². The molecule has 0 saturated carbocycles. The van der Waals surface area contributed by atoms with E-state index in [1.54, 1.807) is 11.0 Å². The number of piperidine rings is 1. The number of nitrogens with zero attached hydrogens (tertiary/aromatic N) is 1. The van der Waals surface area contributed by atoms with Crippen LogP contribution < -0.4 is 5.73 Å². The lowest BCUT2D eigenvalue weighted by molar-refractivity contribution is 0.00834. The zero-order valence-electron chi connectivity index (χ0n) is 11.9. The molecule has 0 aromatic heterocycles. The first-order valence-electron chi connectivity index (χ1n) is 7.18. The molecule has 6 heteroatoms. The van der Waals surface area contributed by atoms with Crippen molar-refractivity contribution in [2.75, 3.05) is 26.2 Å². The Hall–Kier alpha value is -1.17. The Labute approximate surface area is 129 Å². The highest BCUT2D eigenvalue weighted by molar-refractivity contribution is 6.31. The Morgan fingerprint density at radius 3 is 2.81 bits per heavy atom. The molecule has 21 heavy (non-hydrogen) atoms. The Balaban J connectivity index is 1.90. The first kappa shape index (κ1) is 16.2. The first-order chi connectivity index (χ1) is 10.1. The molecule has 1 heterocycles. The number of hydrogen-bond acceptors (Lipinski definition) is 3. The number of halogens is 2. The van der Waals surface area contributed by atoms with Gasteiger partial charge in [-0.15, -0.1) is 0 Å². The maximum absolute atomic E-state index is 13.9. The van der Waals surface area contributed by atoms with Crippen LogP contribution in [0.3, 0.4) is 0 Å². The third kappa shape index (κ3) is 4.15. The van der Waals surface area contributed by atoms with Crippen LogP contribution in [0.25, 0.3) is 0 Å². The lowest BCUT2D eigenvalue weighted by Gasteiger charge is -2.32. The smallest absolute Gasteiger partial charge is 0.256 e. The topological polar surface area (TPSA) is 55.6 Å². The lowest BCUT2D eigenvalue weighted by atomic mass is 10.1. The predicted octanol–water partition coefficient (Wildman–Crippen LogP) is 2.45.